The Morgan fingerprint density at radius 1 is 1.03 bits per heavy atom. The minimum absolute atomic E-state index is 0.105. The summed E-state index contributed by atoms with van der Waals surface area (Å²) in [7, 11) is 0. The summed E-state index contributed by atoms with van der Waals surface area (Å²) < 4.78 is 16.7. The van der Waals surface area contributed by atoms with Crippen molar-refractivity contribution in [3.05, 3.63) is 60.0 Å². The number of oxime groups is 1. The second kappa shape index (κ2) is 11.3. The minimum atomic E-state index is 0.105. The highest BCUT2D eigenvalue weighted by atomic mass is 16.6. The van der Waals surface area contributed by atoms with E-state index in [1.807, 2.05) is 36.4 Å². The molecule has 8 nitrogen and oxygen atoms in total. The molecule has 0 amide bonds. The predicted molar refractivity (Wildman–Crippen MR) is 122 cm³/mol. The first kappa shape index (κ1) is 21.8. The van der Waals surface area contributed by atoms with Crippen LogP contribution in [0.2, 0.25) is 0 Å². The number of hydrogen-bond acceptors (Lipinski definition) is 8. The lowest BCUT2D eigenvalue weighted by molar-refractivity contribution is 0.112. The largest absolute Gasteiger partial charge is 0.494 e. The van der Waals surface area contributed by atoms with Gasteiger partial charge in [-0.25, -0.2) is 0 Å². The molecular formula is C24H28N4O4. The number of morpholine rings is 1. The van der Waals surface area contributed by atoms with Crippen molar-refractivity contribution in [3.8, 4) is 17.2 Å². The van der Waals surface area contributed by atoms with Gasteiger partial charge < -0.3 is 23.6 Å². The Kier molecular flexibility index (Phi) is 7.70. The van der Waals surface area contributed by atoms with E-state index in [0.717, 1.165) is 62.6 Å². The molecule has 0 unspecified atom stereocenters. The van der Waals surface area contributed by atoms with E-state index in [9.17, 15) is 0 Å². The zero-order chi connectivity index (χ0) is 22.0. The second-order valence-corrected chi connectivity index (χ2v) is 7.43. The van der Waals surface area contributed by atoms with Crippen LogP contribution in [-0.4, -0.2) is 49.3 Å². The highest BCUT2D eigenvalue weighted by molar-refractivity contribution is 5.79. The number of hydrogen-bond donors (Lipinski definition) is 0. The van der Waals surface area contributed by atoms with Crippen molar-refractivity contribution in [2.75, 3.05) is 37.8 Å². The molecule has 1 aliphatic rings. The summed E-state index contributed by atoms with van der Waals surface area (Å²) in [6, 6.07) is 15.8. The van der Waals surface area contributed by atoms with E-state index in [0.29, 0.717) is 11.8 Å². The van der Waals surface area contributed by atoms with Gasteiger partial charge in [0.2, 0.25) is 5.89 Å². The number of unbranched alkanes of at least 4 members (excludes halogenated alkanes) is 1. The number of anilines is 1. The SMILES string of the molecule is CCCCOc1ccc(-c2nnc(CO/N=C/c3ccc(N4CCOCC4)cc3)o2)cc1. The molecule has 168 valence electrons. The van der Waals surface area contributed by atoms with Crippen LogP contribution in [0.25, 0.3) is 11.5 Å². The van der Waals surface area contributed by atoms with E-state index >= 15 is 0 Å². The maximum atomic E-state index is 5.67. The fourth-order valence-electron chi connectivity index (χ4n) is 3.24. The summed E-state index contributed by atoms with van der Waals surface area (Å²) in [5, 5.41) is 12.1. The summed E-state index contributed by atoms with van der Waals surface area (Å²) in [5.41, 5.74) is 2.97. The van der Waals surface area contributed by atoms with Gasteiger partial charge in [-0.15, -0.1) is 10.2 Å². The number of nitrogens with zero attached hydrogens (tertiary/aromatic N) is 4. The van der Waals surface area contributed by atoms with Crippen LogP contribution in [0.3, 0.4) is 0 Å². The number of rotatable bonds is 10. The van der Waals surface area contributed by atoms with Gasteiger partial charge in [-0.1, -0.05) is 30.6 Å². The van der Waals surface area contributed by atoms with Crippen LogP contribution >= 0.6 is 0 Å². The Bertz CT molecular complexity index is 980. The zero-order valence-electron chi connectivity index (χ0n) is 18.3. The van der Waals surface area contributed by atoms with Gasteiger partial charge in [-0.3, -0.25) is 0 Å². The molecule has 8 heteroatoms. The summed E-state index contributed by atoms with van der Waals surface area (Å²) >= 11 is 0. The highest BCUT2D eigenvalue weighted by Gasteiger charge is 2.11. The molecule has 0 N–H and O–H groups in total. The van der Waals surface area contributed by atoms with E-state index < -0.39 is 0 Å². The Morgan fingerprint density at radius 2 is 1.81 bits per heavy atom. The first-order chi connectivity index (χ1) is 15.8. The van der Waals surface area contributed by atoms with Crippen LogP contribution in [0, 0.1) is 0 Å². The first-order valence-electron chi connectivity index (χ1n) is 11.0. The molecule has 3 aromatic rings. The molecule has 0 spiro atoms. The average molecular weight is 437 g/mol. The monoisotopic (exact) mass is 436 g/mol. The Balaban J connectivity index is 1.25. The lowest BCUT2D eigenvalue weighted by Crippen LogP contribution is -2.36. The van der Waals surface area contributed by atoms with Crippen LogP contribution in [0.4, 0.5) is 5.69 Å². The summed E-state index contributed by atoms with van der Waals surface area (Å²) in [6.45, 7) is 6.34. The smallest absolute Gasteiger partial charge is 0.257 e. The van der Waals surface area contributed by atoms with E-state index in [4.69, 9.17) is 18.7 Å². The Hall–Kier alpha value is -3.39. The zero-order valence-corrected chi connectivity index (χ0v) is 18.3. The fourth-order valence-corrected chi connectivity index (χ4v) is 3.24. The summed E-state index contributed by atoms with van der Waals surface area (Å²) in [4.78, 5) is 7.63. The average Bonchev–Trinajstić information content (AvgIpc) is 3.32. The molecular weight excluding hydrogens is 408 g/mol. The fraction of sp³-hybridized carbons (Fsp3) is 0.375. The van der Waals surface area contributed by atoms with Crippen molar-refractivity contribution in [2.24, 2.45) is 5.16 Å². The molecule has 0 radical (unpaired) electrons. The van der Waals surface area contributed by atoms with Crippen molar-refractivity contribution < 1.29 is 18.7 Å². The number of aromatic nitrogens is 2. The van der Waals surface area contributed by atoms with E-state index in [1.54, 1.807) is 6.21 Å². The molecule has 2 aromatic carbocycles. The lowest BCUT2D eigenvalue weighted by atomic mass is 10.2. The molecule has 1 fully saturated rings. The molecule has 0 saturated carbocycles. The molecule has 1 aliphatic heterocycles. The van der Waals surface area contributed by atoms with Crippen molar-refractivity contribution in [3.63, 3.8) is 0 Å². The Labute approximate surface area is 187 Å². The molecule has 32 heavy (non-hydrogen) atoms. The maximum Gasteiger partial charge on any atom is 0.257 e. The van der Waals surface area contributed by atoms with Gasteiger partial charge in [0.25, 0.3) is 5.89 Å². The molecule has 2 heterocycles. The molecule has 1 saturated heterocycles. The van der Waals surface area contributed by atoms with Crippen molar-refractivity contribution in [1.29, 1.82) is 0 Å². The van der Waals surface area contributed by atoms with Gasteiger partial charge in [0.15, 0.2) is 6.61 Å². The first-order valence-corrected chi connectivity index (χ1v) is 11.0. The van der Waals surface area contributed by atoms with Crippen LogP contribution in [-0.2, 0) is 16.2 Å². The summed E-state index contributed by atoms with van der Waals surface area (Å²) in [6.07, 6.45) is 3.81. The third-order valence-electron chi connectivity index (χ3n) is 5.07. The lowest BCUT2D eigenvalue weighted by Gasteiger charge is -2.28. The quantitative estimate of drug-likeness (QED) is 0.266. The molecule has 0 atom stereocenters. The predicted octanol–water partition coefficient (Wildman–Crippen LogP) is 4.30. The van der Waals surface area contributed by atoms with Crippen LogP contribution < -0.4 is 9.64 Å². The topological polar surface area (TPSA) is 82.2 Å². The standard InChI is InChI=1S/C24H28N4O4/c1-2-3-14-30-22-10-6-20(7-11-22)24-27-26-23(32-24)18-31-25-17-19-4-8-21(9-5-19)28-12-15-29-16-13-28/h4-11,17H,2-3,12-16,18H2,1H3/b25-17+. The Morgan fingerprint density at radius 3 is 2.56 bits per heavy atom. The van der Waals surface area contributed by atoms with Crippen molar-refractivity contribution >= 4 is 11.9 Å². The van der Waals surface area contributed by atoms with Gasteiger partial charge in [-0.05, 0) is 48.4 Å². The van der Waals surface area contributed by atoms with Gasteiger partial charge >= 0.3 is 0 Å². The molecule has 0 aliphatic carbocycles. The third-order valence-corrected chi connectivity index (χ3v) is 5.07. The van der Waals surface area contributed by atoms with Crippen LogP contribution in [0.15, 0.2) is 58.1 Å². The number of ether oxygens (including phenoxy) is 2. The summed E-state index contributed by atoms with van der Waals surface area (Å²) in [5.74, 6) is 1.63. The third kappa shape index (κ3) is 6.07. The minimum Gasteiger partial charge on any atom is -0.494 e. The van der Waals surface area contributed by atoms with Gasteiger partial charge in [0, 0.05) is 24.3 Å². The van der Waals surface area contributed by atoms with Gasteiger partial charge in [0.05, 0.1) is 26.0 Å². The molecule has 1 aromatic heterocycles. The van der Waals surface area contributed by atoms with E-state index in [2.05, 4.69) is 39.3 Å². The van der Waals surface area contributed by atoms with Crippen molar-refractivity contribution in [1.82, 2.24) is 10.2 Å². The second-order valence-electron chi connectivity index (χ2n) is 7.43. The number of benzene rings is 2. The van der Waals surface area contributed by atoms with Gasteiger partial charge in [-0.2, -0.15) is 0 Å². The van der Waals surface area contributed by atoms with Crippen molar-refractivity contribution in [2.45, 2.75) is 26.4 Å². The van der Waals surface area contributed by atoms with E-state index in [1.165, 1.54) is 5.69 Å². The normalized spacial score (nSPS) is 14.1. The van der Waals surface area contributed by atoms with Crippen LogP contribution in [0.5, 0.6) is 5.75 Å². The van der Waals surface area contributed by atoms with E-state index in [-0.39, 0.29) is 6.61 Å². The maximum absolute atomic E-state index is 5.67. The van der Waals surface area contributed by atoms with Gasteiger partial charge in [0.1, 0.15) is 5.75 Å². The molecule has 0 bridgehead atoms. The van der Waals surface area contributed by atoms with Crippen LogP contribution in [0.1, 0.15) is 31.2 Å². The molecule has 4 rings (SSSR count). The highest BCUT2D eigenvalue weighted by Crippen LogP contribution is 2.22.